The molecule has 5 heteroatoms. The van der Waals surface area contributed by atoms with Gasteiger partial charge in [-0.05, 0) is 42.4 Å². The Bertz CT molecular complexity index is 681. The standard InChI is InChI=1S/C16H22N2O2S/c1-12-5-6-13(10-17)9-15(12)21(19,20)18-8-7-14(11-18)16(2,3)4/h5-6,9,14H,7-8,11H2,1-4H3. The molecule has 0 amide bonds. The minimum atomic E-state index is -3.51. The Hall–Kier alpha value is -1.38. The van der Waals surface area contributed by atoms with Crippen molar-refractivity contribution in [2.24, 2.45) is 11.3 Å². The van der Waals surface area contributed by atoms with Crippen LogP contribution in [0.1, 0.15) is 38.3 Å². The smallest absolute Gasteiger partial charge is 0.207 e. The van der Waals surface area contributed by atoms with Gasteiger partial charge >= 0.3 is 0 Å². The van der Waals surface area contributed by atoms with Crippen LogP contribution in [0.4, 0.5) is 0 Å². The van der Waals surface area contributed by atoms with Crippen LogP contribution in [-0.4, -0.2) is 25.8 Å². The Morgan fingerprint density at radius 1 is 1.33 bits per heavy atom. The molecule has 0 saturated carbocycles. The number of nitrogens with zero attached hydrogens (tertiary/aromatic N) is 2. The molecule has 0 N–H and O–H groups in total. The summed E-state index contributed by atoms with van der Waals surface area (Å²) in [6.07, 6.45) is 0.889. The van der Waals surface area contributed by atoms with E-state index in [4.69, 9.17) is 5.26 Å². The second-order valence-electron chi connectivity index (χ2n) is 6.81. The third-order valence-electron chi connectivity index (χ3n) is 4.31. The van der Waals surface area contributed by atoms with Gasteiger partial charge in [0.15, 0.2) is 0 Å². The van der Waals surface area contributed by atoms with Crippen molar-refractivity contribution in [2.75, 3.05) is 13.1 Å². The first-order chi connectivity index (χ1) is 9.66. The Labute approximate surface area is 127 Å². The molecule has 4 nitrogen and oxygen atoms in total. The van der Waals surface area contributed by atoms with Crippen LogP contribution in [-0.2, 0) is 10.0 Å². The monoisotopic (exact) mass is 306 g/mol. The van der Waals surface area contributed by atoms with Gasteiger partial charge in [-0.2, -0.15) is 9.57 Å². The molecule has 0 spiro atoms. The number of nitriles is 1. The molecular formula is C16H22N2O2S. The summed E-state index contributed by atoms with van der Waals surface area (Å²) in [5.41, 5.74) is 1.17. The van der Waals surface area contributed by atoms with E-state index in [9.17, 15) is 8.42 Å². The lowest BCUT2D eigenvalue weighted by Crippen LogP contribution is -2.31. The van der Waals surface area contributed by atoms with E-state index in [-0.39, 0.29) is 10.3 Å². The van der Waals surface area contributed by atoms with E-state index < -0.39 is 10.0 Å². The zero-order chi connectivity index (χ0) is 15.8. The molecule has 1 saturated heterocycles. The highest BCUT2D eigenvalue weighted by Gasteiger charge is 2.38. The van der Waals surface area contributed by atoms with Crippen molar-refractivity contribution in [3.63, 3.8) is 0 Å². The van der Waals surface area contributed by atoms with Gasteiger partial charge in [-0.1, -0.05) is 26.8 Å². The number of benzene rings is 1. The molecule has 1 aliphatic heterocycles. The highest BCUT2D eigenvalue weighted by atomic mass is 32.2. The highest BCUT2D eigenvalue weighted by Crippen LogP contribution is 2.36. The molecule has 1 unspecified atom stereocenters. The van der Waals surface area contributed by atoms with Crippen LogP contribution in [0, 0.1) is 29.6 Å². The lowest BCUT2D eigenvalue weighted by molar-refractivity contribution is 0.252. The summed E-state index contributed by atoms with van der Waals surface area (Å²) in [6.45, 7) is 9.33. The second kappa shape index (κ2) is 5.43. The fourth-order valence-corrected chi connectivity index (χ4v) is 4.49. The van der Waals surface area contributed by atoms with Gasteiger partial charge < -0.3 is 0 Å². The molecule has 2 rings (SSSR count). The van der Waals surface area contributed by atoms with Gasteiger partial charge in [-0.25, -0.2) is 8.42 Å². The van der Waals surface area contributed by atoms with Crippen molar-refractivity contribution in [1.29, 1.82) is 5.26 Å². The Morgan fingerprint density at radius 2 is 2.00 bits per heavy atom. The summed E-state index contributed by atoms with van der Waals surface area (Å²) in [4.78, 5) is 0.260. The molecule has 1 fully saturated rings. The normalized spacial score (nSPS) is 20.4. The summed E-state index contributed by atoms with van der Waals surface area (Å²) in [7, 11) is -3.51. The Morgan fingerprint density at radius 3 is 2.52 bits per heavy atom. The lowest BCUT2D eigenvalue weighted by atomic mass is 9.80. The van der Waals surface area contributed by atoms with Crippen molar-refractivity contribution in [3.05, 3.63) is 29.3 Å². The second-order valence-corrected chi connectivity index (χ2v) is 8.71. The van der Waals surface area contributed by atoms with Gasteiger partial charge in [0.25, 0.3) is 0 Å². The molecule has 1 aliphatic rings. The average Bonchev–Trinajstić information content (AvgIpc) is 2.89. The van der Waals surface area contributed by atoms with Crippen molar-refractivity contribution in [2.45, 2.75) is 39.0 Å². The maximum Gasteiger partial charge on any atom is 0.243 e. The number of rotatable bonds is 2. The summed E-state index contributed by atoms with van der Waals surface area (Å²) >= 11 is 0. The van der Waals surface area contributed by atoms with E-state index in [1.807, 2.05) is 6.07 Å². The van der Waals surface area contributed by atoms with E-state index in [1.165, 1.54) is 6.07 Å². The summed E-state index contributed by atoms with van der Waals surface area (Å²) < 4.78 is 27.2. The molecule has 1 aromatic rings. The quantitative estimate of drug-likeness (QED) is 0.844. The number of hydrogen-bond donors (Lipinski definition) is 0. The van der Waals surface area contributed by atoms with E-state index in [0.29, 0.717) is 30.1 Å². The van der Waals surface area contributed by atoms with Crippen molar-refractivity contribution >= 4 is 10.0 Å². The maximum absolute atomic E-state index is 12.8. The lowest BCUT2D eigenvalue weighted by Gasteiger charge is -2.27. The summed E-state index contributed by atoms with van der Waals surface area (Å²) in [6, 6.07) is 6.83. The van der Waals surface area contributed by atoms with Gasteiger partial charge in [0, 0.05) is 13.1 Å². The topological polar surface area (TPSA) is 61.2 Å². The first-order valence-corrected chi connectivity index (χ1v) is 8.61. The van der Waals surface area contributed by atoms with E-state index in [0.717, 1.165) is 6.42 Å². The number of sulfonamides is 1. The van der Waals surface area contributed by atoms with Crippen LogP contribution in [0.15, 0.2) is 23.1 Å². The molecule has 0 aromatic heterocycles. The summed E-state index contributed by atoms with van der Waals surface area (Å²) in [5.74, 6) is 0.367. The molecule has 21 heavy (non-hydrogen) atoms. The van der Waals surface area contributed by atoms with Crippen molar-refractivity contribution in [1.82, 2.24) is 4.31 Å². The molecular weight excluding hydrogens is 284 g/mol. The van der Waals surface area contributed by atoms with Crippen LogP contribution in [0.3, 0.4) is 0 Å². The van der Waals surface area contributed by atoms with Crippen LogP contribution < -0.4 is 0 Å². The largest absolute Gasteiger partial charge is 0.243 e. The highest BCUT2D eigenvalue weighted by molar-refractivity contribution is 7.89. The molecule has 0 bridgehead atoms. The van der Waals surface area contributed by atoms with Gasteiger partial charge in [0.2, 0.25) is 10.0 Å². The predicted molar refractivity (Wildman–Crippen MR) is 82.2 cm³/mol. The van der Waals surface area contributed by atoms with Gasteiger partial charge in [-0.15, -0.1) is 0 Å². The maximum atomic E-state index is 12.8. The Balaban J connectivity index is 2.34. The number of aryl methyl sites for hydroxylation is 1. The molecule has 0 aliphatic carbocycles. The fraction of sp³-hybridized carbons (Fsp3) is 0.562. The van der Waals surface area contributed by atoms with Crippen LogP contribution >= 0.6 is 0 Å². The fourth-order valence-electron chi connectivity index (χ4n) is 2.74. The third-order valence-corrected chi connectivity index (χ3v) is 6.32. The van der Waals surface area contributed by atoms with Gasteiger partial charge in [0.1, 0.15) is 0 Å². The minimum Gasteiger partial charge on any atom is -0.207 e. The molecule has 1 heterocycles. The van der Waals surface area contributed by atoms with E-state index in [2.05, 4.69) is 20.8 Å². The van der Waals surface area contributed by atoms with E-state index in [1.54, 1.807) is 23.4 Å². The molecule has 114 valence electrons. The molecule has 0 radical (unpaired) electrons. The van der Waals surface area contributed by atoms with Gasteiger partial charge in [-0.3, -0.25) is 0 Å². The molecule has 1 aromatic carbocycles. The zero-order valence-electron chi connectivity index (χ0n) is 13.0. The average molecular weight is 306 g/mol. The van der Waals surface area contributed by atoms with Crippen molar-refractivity contribution in [3.8, 4) is 6.07 Å². The third kappa shape index (κ3) is 3.12. The van der Waals surface area contributed by atoms with E-state index >= 15 is 0 Å². The van der Waals surface area contributed by atoms with Crippen molar-refractivity contribution < 1.29 is 8.42 Å². The van der Waals surface area contributed by atoms with Crippen LogP contribution in [0.5, 0.6) is 0 Å². The Kier molecular flexibility index (Phi) is 4.14. The molecule has 1 atom stereocenters. The minimum absolute atomic E-state index is 0.105. The van der Waals surface area contributed by atoms with Gasteiger partial charge in [0.05, 0.1) is 16.5 Å². The zero-order valence-corrected chi connectivity index (χ0v) is 13.9. The predicted octanol–water partition coefficient (Wildman–Crippen LogP) is 2.92. The van der Waals surface area contributed by atoms with Crippen LogP contribution in [0.2, 0.25) is 0 Å². The SMILES string of the molecule is Cc1ccc(C#N)cc1S(=O)(=O)N1CCC(C(C)(C)C)C1. The number of hydrogen-bond acceptors (Lipinski definition) is 3. The summed E-state index contributed by atoms with van der Waals surface area (Å²) in [5, 5.41) is 8.97. The first kappa shape index (κ1) is 16.0. The van der Waals surface area contributed by atoms with Crippen LogP contribution in [0.25, 0.3) is 0 Å². The first-order valence-electron chi connectivity index (χ1n) is 7.17.